The van der Waals surface area contributed by atoms with Crippen LogP contribution in [0, 0.1) is 6.92 Å². The molecule has 0 aliphatic rings. The van der Waals surface area contributed by atoms with Gasteiger partial charge in [-0.05, 0) is 25.1 Å². The predicted molar refractivity (Wildman–Crippen MR) is 77.4 cm³/mol. The van der Waals surface area contributed by atoms with Crippen molar-refractivity contribution in [1.29, 1.82) is 0 Å². The van der Waals surface area contributed by atoms with Crippen LogP contribution in [0.3, 0.4) is 0 Å². The first-order chi connectivity index (χ1) is 9.47. The Bertz CT molecular complexity index is 619. The topological polar surface area (TPSA) is 84.4 Å². The van der Waals surface area contributed by atoms with Crippen molar-refractivity contribution in [2.24, 2.45) is 0 Å². The highest BCUT2D eigenvalue weighted by Gasteiger charge is 2.10. The summed E-state index contributed by atoms with van der Waals surface area (Å²) in [5.41, 5.74) is 7.77. The van der Waals surface area contributed by atoms with E-state index in [2.05, 4.69) is 10.3 Å². The van der Waals surface area contributed by atoms with Crippen LogP contribution in [0.2, 0.25) is 0 Å². The molecule has 0 atom stereocenters. The number of anilines is 2. The Labute approximate surface area is 117 Å². The summed E-state index contributed by atoms with van der Waals surface area (Å²) in [6, 6.07) is 5.18. The third-order valence-corrected chi connectivity index (χ3v) is 2.80. The van der Waals surface area contributed by atoms with Crippen molar-refractivity contribution in [2.75, 3.05) is 25.1 Å². The highest BCUT2D eigenvalue weighted by molar-refractivity contribution is 5.95. The second-order valence-electron chi connectivity index (χ2n) is 4.72. The van der Waals surface area contributed by atoms with Crippen LogP contribution in [0.4, 0.5) is 11.4 Å². The van der Waals surface area contributed by atoms with Gasteiger partial charge in [0.05, 0.1) is 24.1 Å². The Morgan fingerprint density at radius 3 is 2.75 bits per heavy atom. The molecule has 2 aromatic rings. The first kappa shape index (κ1) is 13.9. The third-order valence-electron chi connectivity index (χ3n) is 2.80. The number of nitrogen functional groups attached to an aromatic ring is 1. The number of nitrogens with two attached hydrogens (primary N) is 1. The smallest absolute Gasteiger partial charge is 0.253 e. The van der Waals surface area contributed by atoms with Crippen LogP contribution in [0.15, 0.2) is 28.8 Å². The van der Waals surface area contributed by atoms with Crippen molar-refractivity contribution >= 4 is 17.3 Å². The molecule has 0 aliphatic carbocycles. The van der Waals surface area contributed by atoms with Crippen molar-refractivity contribution in [3.63, 3.8) is 0 Å². The minimum Gasteiger partial charge on any atom is -0.444 e. The van der Waals surface area contributed by atoms with E-state index in [9.17, 15) is 4.79 Å². The summed E-state index contributed by atoms with van der Waals surface area (Å²) < 4.78 is 5.36. The van der Waals surface area contributed by atoms with E-state index in [1.54, 1.807) is 38.5 Å². The quantitative estimate of drug-likeness (QED) is 0.832. The van der Waals surface area contributed by atoms with E-state index >= 15 is 0 Å². The molecule has 0 bridgehead atoms. The zero-order valence-electron chi connectivity index (χ0n) is 11.8. The van der Waals surface area contributed by atoms with Gasteiger partial charge in [-0.15, -0.1) is 0 Å². The van der Waals surface area contributed by atoms with Crippen LogP contribution in [-0.4, -0.2) is 29.9 Å². The maximum absolute atomic E-state index is 11.8. The highest BCUT2D eigenvalue weighted by Crippen LogP contribution is 2.21. The molecule has 0 fully saturated rings. The van der Waals surface area contributed by atoms with Gasteiger partial charge in [0.15, 0.2) is 0 Å². The summed E-state index contributed by atoms with van der Waals surface area (Å²) in [6.45, 7) is 2.28. The lowest BCUT2D eigenvalue weighted by Crippen LogP contribution is -2.21. The molecule has 0 radical (unpaired) electrons. The number of hydrogen-bond acceptors (Lipinski definition) is 5. The number of nitrogens with zero attached hydrogens (tertiary/aromatic N) is 2. The zero-order valence-corrected chi connectivity index (χ0v) is 11.8. The van der Waals surface area contributed by atoms with Gasteiger partial charge in [-0.25, -0.2) is 4.98 Å². The highest BCUT2D eigenvalue weighted by atomic mass is 16.4. The number of aromatic nitrogens is 1. The number of aryl methyl sites for hydroxylation is 1. The molecule has 0 aliphatic heterocycles. The zero-order chi connectivity index (χ0) is 14.7. The van der Waals surface area contributed by atoms with Gasteiger partial charge in [0.2, 0.25) is 5.89 Å². The van der Waals surface area contributed by atoms with Gasteiger partial charge in [0.25, 0.3) is 5.91 Å². The molecule has 20 heavy (non-hydrogen) atoms. The minimum atomic E-state index is -0.0772. The van der Waals surface area contributed by atoms with E-state index in [4.69, 9.17) is 10.2 Å². The molecule has 2 rings (SSSR count). The van der Waals surface area contributed by atoms with Crippen LogP contribution >= 0.6 is 0 Å². The van der Waals surface area contributed by atoms with Crippen LogP contribution < -0.4 is 11.1 Å². The Kier molecular flexibility index (Phi) is 3.93. The van der Waals surface area contributed by atoms with E-state index in [-0.39, 0.29) is 5.91 Å². The molecule has 0 spiro atoms. The molecule has 1 aromatic heterocycles. The largest absolute Gasteiger partial charge is 0.444 e. The number of hydrogen-bond donors (Lipinski definition) is 2. The van der Waals surface area contributed by atoms with E-state index in [1.165, 1.54) is 4.90 Å². The fraction of sp³-hybridized carbons (Fsp3) is 0.286. The predicted octanol–water partition coefficient (Wildman–Crippen LogP) is 1.88. The van der Waals surface area contributed by atoms with E-state index in [0.717, 1.165) is 11.4 Å². The van der Waals surface area contributed by atoms with Crippen LogP contribution in [-0.2, 0) is 6.54 Å². The molecule has 6 nitrogen and oxygen atoms in total. The number of benzene rings is 1. The van der Waals surface area contributed by atoms with Crippen molar-refractivity contribution in [3.05, 3.63) is 41.6 Å². The fourth-order valence-electron chi connectivity index (χ4n) is 1.77. The van der Waals surface area contributed by atoms with Gasteiger partial charge in [-0.2, -0.15) is 0 Å². The molecule has 6 heteroatoms. The second kappa shape index (κ2) is 5.64. The van der Waals surface area contributed by atoms with Crippen molar-refractivity contribution in [2.45, 2.75) is 13.5 Å². The molecule has 1 amide bonds. The molecule has 0 unspecified atom stereocenters. The van der Waals surface area contributed by atoms with Crippen molar-refractivity contribution < 1.29 is 9.21 Å². The maximum atomic E-state index is 11.8. The van der Waals surface area contributed by atoms with E-state index in [1.807, 2.05) is 6.92 Å². The number of carbonyl (C=O) groups excluding carboxylic acids is 1. The summed E-state index contributed by atoms with van der Waals surface area (Å²) in [7, 11) is 3.41. The molecule has 1 aromatic carbocycles. The number of amides is 1. The summed E-state index contributed by atoms with van der Waals surface area (Å²) in [6.07, 6.45) is 1.67. The van der Waals surface area contributed by atoms with Gasteiger partial charge in [-0.3, -0.25) is 4.79 Å². The summed E-state index contributed by atoms with van der Waals surface area (Å²) in [5.74, 6) is 1.28. The first-order valence-electron chi connectivity index (χ1n) is 6.23. The number of nitrogens with one attached hydrogen (secondary N) is 1. The Balaban J connectivity index is 2.08. The van der Waals surface area contributed by atoms with Gasteiger partial charge < -0.3 is 20.4 Å². The van der Waals surface area contributed by atoms with E-state index in [0.29, 0.717) is 23.7 Å². The van der Waals surface area contributed by atoms with E-state index < -0.39 is 0 Å². The van der Waals surface area contributed by atoms with Crippen LogP contribution in [0.25, 0.3) is 0 Å². The Morgan fingerprint density at radius 1 is 1.45 bits per heavy atom. The Morgan fingerprint density at radius 2 is 2.20 bits per heavy atom. The molecule has 106 valence electrons. The summed E-state index contributed by atoms with van der Waals surface area (Å²) >= 11 is 0. The average molecular weight is 274 g/mol. The van der Waals surface area contributed by atoms with Gasteiger partial charge in [0.1, 0.15) is 5.76 Å². The van der Waals surface area contributed by atoms with Crippen LogP contribution in [0.1, 0.15) is 22.0 Å². The van der Waals surface area contributed by atoms with Crippen LogP contribution in [0.5, 0.6) is 0 Å². The lowest BCUT2D eigenvalue weighted by Gasteiger charge is -2.13. The molecular formula is C14H18N4O2. The van der Waals surface area contributed by atoms with Gasteiger partial charge >= 0.3 is 0 Å². The molecule has 3 N–H and O–H groups in total. The maximum Gasteiger partial charge on any atom is 0.253 e. The minimum absolute atomic E-state index is 0.0772. The van der Waals surface area contributed by atoms with Crippen molar-refractivity contribution in [3.8, 4) is 0 Å². The summed E-state index contributed by atoms with van der Waals surface area (Å²) in [4.78, 5) is 17.4. The molecule has 0 saturated carbocycles. The average Bonchev–Trinajstić information content (AvgIpc) is 2.82. The monoisotopic (exact) mass is 274 g/mol. The number of carbonyl (C=O) groups is 1. The Hall–Kier alpha value is -2.50. The number of oxazole rings is 1. The lowest BCUT2D eigenvalue weighted by atomic mass is 10.1. The number of rotatable bonds is 4. The molecule has 0 saturated heterocycles. The van der Waals surface area contributed by atoms with Gasteiger partial charge in [-0.1, -0.05) is 0 Å². The molecule has 1 heterocycles. The molecular weight excluding hydrogens is 256 g/mol. The SMILES string of the molecule is Cc1cnc(CNc2ccc(C(=O)N(C)C)cc2N)o1. The second-order valence-corrected chi connectivity index (χ2v) is 4.72. The summed E-state index contributed by atoms with van der Waals surface area (Å²) in [5, 5.41) is 3.13. The van der Waals surface area contributed by atoms with Crippen molar-refractivity contribution in [1.82, 2.24) is 9.88 Å². The first-order valence-corrected chi connectivity index (χ1v) is 6.23. The standard InChI is InChI=1S/C14H18N4O2/c1-9-7-17-13(20-9)8-16-12-5-4-10(6-11(12)15)14(19)18(2)3/h4-7,16H,8,15H2,1-3H3. The van der Waals surface area contributed by atoms with Gasteiger partial charge in [0, 0.05) is 19.7 Å². The lowest BCUT2D eigenvalue weighted by molar-refractivity contribution is 0.0827. The normalized spacial score (nSPS) is 10.3. The fourth-order valence-corrected chi connectivity index (χ4v) is 1.77. The third kappa shape index (κ3) is 3.09.